The monoisotopic (exact) mass is 396 g/mol. The molecule has 1 unspecified atom stereocenters. The zero-order chi connectivity index (χ0) is 19.7. The molecule has 1 aliphatic rings. The number of H-pyrrole nitrogens is 1. The lowest BCUT2D eigenvalue weighted by atomic mass is 10.0. The van der Waals surface area contributed by atoms with Crippen LogP contribution in [0.5, 0.6) is 0 Å². The van der Waals surface area contributed by atoms with Gasteiger partial charge in [-0.25, -0.2) is 13.4 Å². The molecule has 0 fully saturated rings. The summed E-state index contributed by atoms with van der Waals surface area (Å²) in [6.07, 6.45) is 1.13. The molecule has 144 valence electrons. The molecule has 4 rings (SSSR count). The van der Waals surface area contributed by atoms with Gasteiger partial charge in [-0.15, -0.1) is 0 Å². The van der Waals surface area contributed by atoms with Crippen LogP contribution in [0, 0.1) is 0 Å². The summed E-state index contributed by atoms with van der Waals surface area (Å²) < 4.78 is 24.5. The second kappa shape index (κ2) is 7.20. The molecule has 1 atom stereocenters. The number of sulfone groups is 1. The van der Waals surface area contributed by atoms with Crippen molar-refractivity contribution < 1.29 is 13.2 Å². The van der Waals surface area contributed by atoms with Crippen molar-refractivity contribution in [2.75, 3.05) is 5.75 Å². The Bertz CT molecular complexity index is 1120. The number of hydrogen-bond donors (Lipinski definition) is 2. The molecule has 0 saturated carbocycles. The highest BCUT2D eigenvalue weighted by atomic mass is 32.2. The molecule has 1 aliphatic heterocycles. The lowest BCUT2D eigenvalue weighted by Gasteiger charge is -2.26. The number of nitrogens with one attached hydrogen (secondary N) is 2. The van der Waals surface area contributed by atoms with Gasteiger partial charge in [0.2, 0.25) is 0 Å². The molecule has 2 N–H and O–H groups in total. The van der Waals surface area contributed by atoms with Crippen LogP contribution in [0.1, 0.15) is 41.1 Å². The van der Waals surface area contributed by atoms with Gasteiger partial charge in [0.05, 0.1) is 16.7 Å². The zero-order valence-corrected chi connectivity index (χ0v) is 16.2. The van der Waals surface area contributed by atoms with E-state index < -0.39 is 9.84 Å². The first-order valence-corrected chi connectivity index (χ1v) is 10.8. The minimum Gasteiger partial charge on any atom is -0.345 e. The van der Waals surface area contributed by atoms with E-state index in [2.05, 4.69) is 20.5 Å². The van der Waals surface area contributed by atoms with Gasteiger partial charge in [-0.3, -0.25) is 9.89 Å². The number of aromatic amines is 1. The Hall–Kier alpha value is -3.00. The molecule has 0 saturated heterocycles. The van der Waals surface area contributed by atoms with E-state index in [-0.39, 0.29) is 17.7 Å². The van der Waals surface area contributed by atoms with Crippen molar-refractivity contribution in [1.82, 2.24) is 20.5 Å². The van der Waals surface area contributed by atoms with Crippen molar-refractivity contribution in [3.63, 3.8) is 0 Å². The van der Waals surface area contributed by atoms with Crippen LogP contribution in [0.25, 0.3) is 11.4 Å². The maximum atomic E-state index is 12.7. The number of fused-ring (bicyclic) bond motifs is 1. The number of aromatic nitrogens is 3. The number of nitrogens with zero attached hydrogens (tertiary/aromatic N) is 2. The van der Waals surface area contributed by atoms with E-state index in [1.165, 1.54) is 0 Å². The van der Waals surface area contributed by atoms with E-state index in [0.717, 1.165) is 17.8 Å². The first kappa shape index (κ1) is 18.4. The van der Waals surface area contributed by atoms with Crippen LogP contribution in [0.2, 0.25) is 0 Å². The Labute approximate surface area is 163 Å². The number of amides is 1. The summed E-state index contributed by atoms with van der Waals surface area (Å²) in [6.45, 7) is 1.99. The van der Waals surface area contributed by atoms with E-state index in [4.69, 9.17) is 0 Å². The zero-order valence-electron chi connectivity index (χ0n) is 15.3. The Morgan fingerprint density at radius 3 is 2.64 bits per heavy atom. The van der Waals surface area contributed by atoms with Crippen molar-refractivity contribution in [3.8, 4) is 11.4 Å². The Kier molecular flexibility index (Phi) is 4.72. The first-order valence-electron chi connectivity index (χ1n) is 9.12. The van der Waals surface area contributed by atoms with E-state index >= 15 is 0 Å². The number of hydrogen-bond acceptors (Lipinski definition) is 5. The number of aryl methyl sites for hydroxylation is 1. The maximum absolute atomic E-state index is 12.7. The van der Waals surface area contributed by atoms with Crippen LogP contribution in [-0.2, 0) is 16.3 Å². The van der Waals surface area contributed by atoms with Crippen LogP contribution in [0.4, 0.5) is 0 Å². The summed E-state index contributed by atoms with van der Waals surface area (Å²) >= 11 is 0. The van der Waals surface area contributed by atoms with Crippen LogP contribution in [0.3, 0.4) is 0 Å². The summed E-state index contributed by atoms with van der Waals surface area (Å²) in [5.41, 5.74) is 1.97. The lowest BCUT2D eigenvalue weighted by Crippen LogP contribution is -2.33. The summed E-state index contributed by atoms with van der Waals surface area (Å²) in [6, 6.07) is 13.6. The molecule has 0 radical (unpaired) electrons. The fourth-order valence-electron chi connectivity index (χ4n) is 3.33. The van der Waals surface area contributed by atoms with Gasteiger partial charge in [-0.05, 0) is 30.2 Å². The minimum atomic E-state index is -3.28. The third kappa shape index (κ3) is 3.43. The predicted molar refractivity (Wildman–Crippen MR) is 105 cm³/mol. The van der Waals surface area contributed by atoms with E-state index in [0.29, 0.717) is 28.3 Å². The number of rotatable bonds is 4. The number of carbonyl (C=O) groups excluding carboxylic acids is 1. The molecule has 8 heteroatoms. The average Bonchev–Trinajstić information content (AvgIpc) is 3.20. The minimum absolute atomic E-state index is 0.0263. The maximum Gasteiger partial charge on any atom is 0.251 e. The quantitative estimate of drug-likeness (QED) is 0.705. The van der Waals surface area contributed by atoms with Gasteiger partial charge in [0.1, 0.15) is 5.82 Å². The molecule has 3 aromatic rings. The standard InChI is InChI=1S/C20H20N4O3S/c1-2-18-22-19(24-23-18)13-7-9-14(10-8-13)20(25)21-16-11-12-28(26,27)17-6-4-3-5-15(16)17/h3-10,16H,2,11-12H2,1H3,(H,21,25)(H,22,23,24). The normalized spacial score (nSPS) is 17.7. The molecule has 2 heterocycles. The highest BCUT2D eigenvalue weighted by Gasteiger charge is 2.30. The van der Waals surface area contributed by atoms with Gasteiger partial charge in [-0.2, -0.15) is 5.10 Å². The summed E-state index contributed by atoms with van der Waals surface area (Å²) in [7, 11) is -3.28. The SMILES string of the molecule is CCc1nc(-c2ccc(C(=O)NC3CCS(=O)(=O)c4ccccc43)cc2)n[nH]1. The Morgan fingerprint density at radius 2 is 1.93 bits per heavy atom. The number of benzene rings is 2. The smallest absolute Gasteiger partial charge is 0.251 e. The molecule has 0 spiro atoms. The van der Waals surface area contributed by atoms with Crippen LogP contribution < -0.4 is 5.32 Å². The molecule has 2 aromatic carbocycles. The van der Waals surface area contributed by atoms with Gasteiger partial charge >= 0.3 is 0 Å². The fraction of sp³-hybridized carbons (Fsp3) is 0.250. The second-order valence-corrected chi connectivity index (χ2v) is 8.79. The third-order valence-corrected chi connectivity index (χ3v) is 6.70. The Balaban J connectivity index is 1.53. The molecule has 1 amide bonds. The molecule has 0 bridgehead atoms. The van der Waals surface area contributed by atoms with Crippen molar-refractivity contribution >= 4 is 15.7 Å². The van der Waals surface area contributed by atoms with Crippen molar-refractivity contribution in [3.05, 3.63) is 65.5 Å². The fourth-order valence-corrected chi connectivity index (χ4v) is 4.96. The lowest BCUT2D eigenvalue weighted by molar-refractivity contribution is 0.0934. The van der Waals surface area contributed by atoms with E-state index in [1.807, 2.05) is 6.92 Å². The van der Waals surface area contributed by atoms with E-state index in [1.54, 1.807) is 48.5 Å². The van der Waals surface area contributed by atoms with E-state index in [9.17, 15) is 13.2 Å². The summed E-state index contributed by atoms with van der Waals surface area (Å²) in [5.74, 6) is 1.19. The first-order chi connectivity index (χ1) is 13.5. The molecule has 7 nitrogen and oxygen atoms in total. The highest BCUT2D eigenvalue weighted by molar-refractivity contribution is 7.91. The van der Waals surface area contributed by atoms with Crippen LogP contribution in [-0.4, -0.2) is 35.3 Å². The molecule has 0 aliphatic carbocycles. The third-order valence-electron chi connectivity index (χ3n) is 4.88. The van der Waals surface area contributed by atoms with Crippen molar-refractivity contribution in [1.29, 1.82) is 0 Å². The average molecular weight is 396 g/mol. The predicted octanol–water partition coefficient (Wildman–Crippen LogP) is 2.68. The summed E-state index contributed by atoms with van der Waals surface area (Å²) in [5, 5.41) is 10.0. The second-order valence-electron chi connectivity index (χ2n) is 6.71. The highest BCUT2D eigenvalue weighted by Crippen LogP contribution is 2.32. The Morgan fingerprint density at radius 1 is 1.18 bits per heavy atom. The largest absolute Gasteiger partial charge is 0.345 e. The van der Waals surface area contributed by atoms with Gasteiger partial charge in [0.15, 0.2) is 15.7 Å². The van der Waals surface area contributed by atoms with Crippen LogP contribution >= 0.6 is 0 Å². The van der Waals surface area contributed by atoms with Crippen LogP contribution in [0.15, 0.2) is 53.4 Å². The topological polar surface area (TPSA) is 105 Å². The van der Waals surface area contributed by atoms with Gasteiger partial charge in [0.25, 0.3) is 5.91 Å². The molecular weight excluding hydrogens is 376 g/mol. The van der Waals surface area contributed by atoms with Gasteiger partial charge in [-0.1, -0.05) is 37.3 Å². The van der Waals surface area contributed by atoms with Gasteiger partial charge in [0, 0.05) is 17.5 Å². The van der Waals surface area contributed by atoms with Gasteiger partial charge < -0.3 is 5.32 Å². The molecular formula is C20H20N4O3S. The molecule has 1 aromatic heterocycles. The number of carbonyl (C=O) groups is 1. The summed E-state index contributed by atoms with van der Waals surface area (Å²) in [4.78, 5) is 17.4. The van der Waals surface area contributed by atoms with Crippen molar-refractivity contribution in [2.24, 2.45) is 0 Å². The molecule has 28 heavy (non-hydrogen) atoms. The van der Waals surface area contributed by atoms with Crippen molar-refractivity contribution in [2.45, 2.75) is 30.7 Å².